The number of rotatable bonds is 9. The quantitative estimate of drug-likeness (QED) is 0.507. The van der Waals surface area contributed by atoms with Gasteiger partial charge in [0.25, 0.3) is 0 Å². The Bertz CT molecular complexity index is 1240. The summed E-state index contributed by atoms with van der Waals surface area (Å²) in [5.74, 6) is 0.789. The van der Waals surface area contributed by atoms with Crippen molar-refractivity contribution in [1.82, 2.24) is 9.71 Å². The van der Waals surface area contributed by atoms with Crippen LogP contribution in [0, 0.1) is 0 Å². The molecule has 170 valence electrons. The summed E-state index contributed by atoms with van der Waals surface area (Å²) in [7, 11) is -6.35. The van der Waals surface area contributed by atoms with Crippen molar-refractivity contribution in [2.75, 3.05) is 13.7 Å². The fourth-order valence-corrected chi connectivity index (χ4v) is 6.00. The van der Waals surface area contributed by atoms with Crippen molar-refractivity contribution in [1.29, 1.82) is 0 Å². The number of hydrogen-bond acceptors (Lipinski definition) is 6. The molecule has 7 nitrogen and oxygen atoms in total. The Labute approximate surface area is 189 Å². The van der Waals surface area contributed by atoms with E-state index in [0.717, 1.165) is 5.56 Å². The van der Waals surface area contributed by atoms with Gasteiger partial charge in [-0.3, -0.25) is 4.98 Å². The lowest BCUT2D eigenvalue weighted by Gasteiger charge is -2.19. The second kappa shape index (κ2) is 9.81. The van der Waals surface area contributed by atoms with Crippen molar-refractivity contribution in [3.05, 3.63) is 84.2 Å². The summed E-state index contributed by atoms with van der Waals surface area (Å²) >= 11 is 0. The van der Waals surface area contributed by atoms with Crippen molar-refractivity contribution in [2.45, 2.75) is 34.8 Å². The molecule has 32 heavy (non-hydrogen) atoms. The van der Waals surface area contributed by atoms with Crippen molar-refractivity contribution >= 4 is 19.9 Å². The number of pyridine rings is 1. The van der Waals surface area contributed by atoms with E-state index in [-0.39, 0.29) is 22.3 Å². The lowest BCUT2D eigenvalue weighted by atomic mass is 10.0. The fourth-order valence-electron chi connectivity index (χ4n) is 3.20. The Morgan fingerprint density at radius 1 is 0.875 bits per heavy atom. The van der Waals surface area contributed by atoms with Gasteiger partial charge in [-0.15, -0.1) is 0 Å². The highest BCUT2D eigenvalue weighted by molar-refractivity contribution is 7.92. The molecule has 0 radical (unpaired) electrons. The predicted molar refractivity (Wildman–Crippen MR) is 123 cm³/mol. The zero-order chi connectivity index (χ0) is 23.4. The highest BCUT2D eigenvalue weighted by Crippen LogP contribution is 2.30. The van der Waals surface area contributed by atoms with Gasteiger partial charge in [0, 0.05) is 18.9 Å². The minimum absolute atomic E-state index is 0.0626. The summed E-state index contributed by atoms with van der Waals surface area (Å²) in [4.78, 5) is 4.15. The van der Waals surface area contributed by atoms with Crippen LogP contribution in [0.5, 0.6) is 5.75 Å². The first-order chi connectivity index (χ1) is 15.1. The summed E-state index contributed by atoms with van der Waals surface area (Å²) in [5, 5.41) is -1.16. The number of methoxy groups -OCH3 is 1. The minimum Gasteiger partial charge on any atom is -0.497 e. The van der Waals surface area contributed by atoms with Gasteiger partial charge in [0.1, 0.15) is 11.0 Å². The van der Waals surface area contributed by atoms with Gasteiger partial charge >= 0.3 is 0 Å². The van der Waals surface area contributed by atoms with E-state index in [1.54, 1.807) is 36.4 Å². The highest BCUT2D eigenvalue weighted by Gasteiger charge is 2.31. The van der Waals surface area contributed by atoms with Crippen molar-refractivity contribution in [3.8, 4) is 5.75 Å². The van der Waals surface area contributed by atoms with E-state index in [0.29, 0.717) is 11.3 Å². The molecular formula is C23H26N2O5S2. The van der Waals surface area contributed by atoms with Crippen LogP contribution in [-0.4, -0.2) is 35.5 Å². The molecule has 0 saturated heterocycles. The summed E-state index contributed by atoms with van der Waals surface area (Å²) in [6, 6.07) is 15.8. The number of sulfone groups is 1. The van der Waals surface area contributed by atoms with E-state index >= 15 is 0 Å². The molecule has 0 unspecified atom stereocenters. The van der Waals surface area contributed by atoms with Gasteiger partial charge in [-0.1, -0.05) is 32.0 Å². The van der Waals surface area contributed by atoms with Gasteiger partial charge in [-0.2, -0.15) is 0 Å². The number of ether oxygens (including phenoxy) is 1. The first-order valence-electron chi connectivity index (χ1n) is 10.0. The second-order valence-corrected chi connectivity index (χ2v) is 11.5. The summed E-state index contributed by atoms with van der Waals surface area (Å²) in [5.41, 5.74) is 1.40. The number of aromatic nitrogens is 1. The molecule has 1 atom stereocenters. The van der Waals surface area contributed by atoms with Gasteiger partial charge in [0.15, 0.2) is 9.84 Å². The maximum absolute atomic E-state index is 13.4. The lowest BCUT2D eigenvalue weighted by Crippen LogP contribution is -2.32. The fraction of sp³-hybridized carbons (Fsp3) is 0.261. The molecule has 3 aromatic rings. The van der Waals surface area contributed by atoms with E-state index in [1.165, 1.54) is 43.8 Å². The Kier molecular flexibility index (Phi) is 7.33. The van der Waals surface area contributed by atoms with Crippen LogP contribution in [0.4, 0.5) is 0 Å². The Balaban J connectivity index is 1.91. The number of nitrogens with zero attached hydrogens (tertiary/aromatic N) is 1. The monoisotopic (exact) mass is 474 g/mol. The van der Waals surface area contributed by atoms with Crippen LogP contribution in [-0.2, 0) is 19.9 Å². The third-order valence-corrected chi connectivity index (χ3v) is 8.69. The normalized spacial score (nSPS) is 13.1. The molecule has 0 aliphatic heterocycles. The average molecular weight is 475 g/mol. The molecule has 0 saturated carbocycles. The van der Waals surface area contributed by atoms with Crippen molar-refractivity contribution < 1.29 is 21.6 Å². The van der Waals surface area contributed by atoms with Gasteiger partial charge in [0.05, 0.1) is 16.9 Å². The third kappa shape index (κ3) is 5.35. The van der Waals surface area contributed by atoms with Gasteiger partial charge < -0.3 is 4.74 Å². The van der Waals surface area contributed by atoms with Crippen LogP contribution >= 0.6 is 0 Å². The molecule has 1 heterocycles. The largest absolute Gasteiger partial charge is 0.497 e. The van der Waals surface area contributed by atoms with E-state index in [4.69, 9.17) is 4.74 Å². The number of nitrogens with one attached hydrogen (secondary N) is 1. The van der Waals surface area contributed by atoms with Crippen LogP contribution in [0.25, 0.3) is 0 Å². The standard InChI is InChI=1S/C23H26N2O5S2/c1-17(2)18-6-10-22(11-7-18)32(28,29)25-16-23(19-5-4-14-24-15-19)31(26,27)21-12-8-20(30-3)9-13-21/h4-15,17,23,25H,16H2,1-3H3/t23-/m0/s1. The molecule has 0 aliphatic rings. The first kappa shape index (κ1) is 23.9. The molecule has 0 fully saturated rings. The molecule has 1 N–H and O–H groups in total. The van der Waals surface area contributed by atoms with Crippen LogP contribution in [0.2, 0.25) is 0 Å². The SMILES string of the molecule is COc1ccc(S(=O)(=O)[C@@H](CNS(=O)(=O)c2ccc(C(C)C)cc2)c2cccnc2)cc1. The topological polar surface area (TPSA) is 102 Å². The van der Waals surface area contributed by atoms with Crippen LogP contribution in [0.3, 0.4) is 0 Å². The molecule has 0 bridgehead atoms. The highest BCUT2D eigenvalue weighted by atomic mass is 32.2. The van der Waals surface area contributed by atoms with E-state index in [1.807, 2.05) is 13.8 Å². The van der Waals surface area contributed by atoms with Gasteiger partial charge in [-0.25, -0.2) is 21.6 Å². The van der Waals surface area contributed by atoms with Crippen LogP contribution in [0.15, 0.2) is 82.8 Å². The van der Waals surface area contributed by atoms with E-state index in [9.17, 15) is 16.8 Å². The number of sulfonamides is 1. The molecule has 1 aromatic heterocycles. The molecule has 3 rings (SSSR count). The Morgan fingerprint density at radius 3 is 2.03 bits per heavy atom. The second-order valence-electron chi connectivity index (χ2n) is 7.57. The molecular weight excluding hydrogens is 448 g/mol. The maximum atomic E-state index is 13.4. The van der Waals surface area contributed by atoms with Gasteiger partial charge in [0.2, 0.25) is 10.0 Å². The summed E-state index contributed by atoms with van der Waals surface area (Å²) in [6.45, 7) is 3.70. The molecule has 0 amide bonds. The molecule has 0 spiro atoms. The zero-order valence-electron chi connectivity index (χ0n) is 18.1. The van der Waals surface area contributed by atoms with Crippen LogP contribution in [0.1, 0.15) is 36.1 Å². The maximum Gasteiger partial charge on any atom is 0.240 e. The smallest absolute Gasteiger partial charge is 0.240 e. The number of hydrogen-bond donors (Lipinski definition) is 1. The molecule has 0 aliphatic carbocycles. The van der Waals surface area contributed by atoms with Crippen molar-refractivity contribution in [3.63, 3.8) is 0 Å². The molecule has 9 heteroatoms. The Hall–Kier alpha value is -2.75. The third-order valence-electron chi connectivity index (χ3n) is 5.13. The predicted octanol–water partition coefficient (Wildman–Crippen LogP) is 3.71. The minimum atomic E-state index is -3.92. The first-order valence-corrected chi connectivity index (χ1v) is 13.1. The summed E-state index contributed by atoms with van der Waals surface area (Å²) in [6.07, 6.45) is 2.96. The van der Waals surface area contributed by atoms with E-state index < -0.39 is 25.1 Å². The van der Waals surface area contributed by atoms with Crippen molar-refractivity contribution in [2.24, 2.45) is 0 Å². The van der Waals surface area contributed by atoms with E-state index in [2.05, 4.69) is 9.71 Å². The average Bonchev–Trinajstić information content (AvgIpc) is 2.79. The lowest BCUT2D eigenvalue weighted by molar-refractivity contribution is 0.414. The van der Waals surface area contributed by atoms with Gasteiger partial charge in [-0.05, 0) is 59.5 Å². The van der Waals surface area contributed by atoms with Crippen LogP contribution < -0.4 is 9.46 Å². The number of benzene rings is 2. The Morgan fingerprint density at radius 2 is 1.50 bits per heavy atom. The zero-order valence-corrected chi connectivity index (χ0v) is 19.7. The summed E-state index contributed by atoms with van der Waals surface area (Å²) < 4.78 is 60.1. The molecule has 2 aromatic carbocycles.